The van der Waals surface area contributed by atoms with E-state index in [1.54, 1.807) is 14.1 Å². The summed E-state index contributed by atoms with van der Waals surface area (Å²) in [4.78, 5) is 24.3. The van der Waals surface area contributed by atoms with Crippen LogP contribution in [0.4, 0.5) is 0 Å². The van der Waals surface area contributed by atoms with Crippen molar-refractivity contribution in [2.75, 3.05) is 40.3 Å². The van der Waals surface area contributed by atoms with Crippen LogP contribution in [0.1, 0.15) is 19.3 Å². The molecule has 0 heterocycles. The maximum absolute atomic E-state index is 11.1. The fourth-order valence-electron chi connectivity index (χ4n) is 1.40. The molecule has 6 nitrogen and oxygen atoms in total. The second kappa shape index (κ2) is 10.0. The van der Waals surface area contributed by atoms with Gasteiger partial charge in [0.15, 0.2) is 0 Å². The minimum Gasteiger partial charge on any atom is -0.396 e. The molecule has 0 fully saturated rings. The Balaban J connectivity index is 3.95. The molecule has 3 N–H and O–H groups in total. The van der Waals surface area contributed by atoms with Gasteiger partial charge in [-0.15, -0.1) is 0 Å². The van der Waals surface area contributed by atoms with Crippen molar-refractivity contribution in [1.82, 2.24) is 15.5 Å². The van der Waals surface area contributed by atoms with Crippen LogP contribution in [0.25, 0.3) is 0 Å². The minimum absolute atomic E-state index is 0.0149. The molecule has 0 saturated carbocycles. The summed E-state index contributed by atoms with van der Waals surface area (Å²) in [5.74, 6) is -0.0297. The van der Waals surface area contributed by atoms with E-state index in [4.69, 9.17) is 5.11 Å². The molecule has 0 rings (SSSR count). The van der Waals surface area contributed by atoms with Gasteiger partial charge in [0.1, 0.15) is 0 Å². The van der Waals surface area contributed by atoms with Crippen molar-refractivity contribution in [3.63, 3.8) is 0 Å². The number of nitrogens with zero attached hydrogens (tertiary/aromatic N) is 1. The van der Waals surface area contributed by atoms with Crippen LogP contribution < -0.4 is 10.6 Å². The third-order valence-electron chi connectivity index (χ3n) is 2.50. The summed E-state index contributed by atoms with van der Waals surface area (Å²) in [7, 11) is 3.20. The third-order valence-corrected chi connectivity index (χ3v) is 2.50. The highest BCUT2D eigenvalue weighted by Crippen LogP contribution is 1.97. The second-order valence-electron chi connectivity index (χ2n) is 3.77. The number of amides is 2. The van der Waals surface area contributed by atoms with Crippen molar-refractivity contribution in [3.8, 4) is 0 Å². The number of hydrogen-bond acceptors (Lipinski definition) is 4. The van der Waals surface area contributed by atoms with E-state index in [9.17, 15) is 9.59 Å². The first-order valence-corrected chi connectivity index (χ1v) is 5.88. The van der Waals surface area contributed by atoms with Crippen molar-refractivity contribution in [3.05, 3.63) is 0 Å². The lowest BCUT2D eigenvalue weighted by molar-refractivity contribution is -0.120. The molecule has 0 radical (unpaired) electrons. The zero-order valence-electron chi connectivity index (χ0n) is 10.7. The van der Waals surface area contributed by atoms with Gasteiger partial charge >= 0.3 is 0 Å². The molecule has 6 heteroatoms. The van der Waals surface area contributed by atoms with Crippen molar-refractivity contribution in [1.29, 1.82) is 0 Å². The number of carbonyl (C=O) groups is 2. The SMILES string of the molecule is CNC(=O)CCN(CCCO)CCC(=O)NC. The highest BCUT2D eigenvalue weighted by Gasteiger charge is 2.09. The van der Waals surface area contributed by atoms with Gasteiger partial charge in [-0.3, -0.25) is 9.59 Å². The van der Waals surface area contributed by atoms with Crippen LogP contribution in [0.3, 0.4) is 0 Å². The van der Waals surface area contributed by atoms with Gasteiger partial charge in [0.05, 0.1) is 0 Å². The van der Waals surface area contributed by atoms with Crippen molar-refractivity contribution >= 4 is 11.8 Å². The van der Waals surface area contributed by atoms with Crippen molar-refractivity contribution < 1.29 is 14.7 Å². The Labute approximate surface area is 102 Å². The molecule has 0 aromatic heterocycles. The summed E-state index contributed by atoms with van der Waals surface area (Å²) in [5.41, 5.74) is 0. The number of aliphatic hydroxyl groups is 1. The highest BCUT2D eigenvalue weighted by molar-refractivity contribution is 5.76. The molecule has 0 aliphatic heterocycles. The fraction of sp³-hybridized carbons (Fsp3) is 0.818. The van der Waals surface area contributed by atoms with Crippen LogP contribution in [0.2, 0.25) is 0 Å². The molecule has 0 aliphatic carbocycles. The van der Waals surface area contributed by atoms with Crippen LogP contribution in [-0.2, 0) is 9.59 Å². The van der Waals surface area contributed by atoms with Gasteiger partial charge in [0.25, 0.3) is 0 Å². The first kappa shape index (κ1) is 15.9. The molecule has 0 aromatic rings. The van der Waals surface area contributed by atoms with E-state index in [1.165, 1.54) is 0 Å². The molecular formula is C11H23N3O3. The monoisotopic (exact) mass is 245 g/mol. The standard InChI is InChI=1S/C11H23N3O3/c1-12-10(16)4-7-14(6-3-9-15)8-5-11(17)13-2/h15H,3-9H2,1-2H3,(H,12,16)(H,13,17). The molecular weight excluding hydrogens is 222 g/mol. The van der Waals surface area contributed by atoms with Gasteiger partial charge in [-0.1, -0.05) is 0 Å². The summed E-state index contributed by atoms with van der Waals surface area (Å²) in [5, 5.41) is 13.9. The quantitative estimate of drug-likeness (QED) is 0.484. The minimum atomic E-state index is -0.0149. The van der Waals surface area contributed by atoms with Gasteiger partial charge in [-0.25, -0.2) is 0 Å². The van der Waals surface area contributed by atoms with Gasteiger partial charge in [0.2, 0.25) is 11.8 Å². The smallest absolute Gasteiger partial charge is 0.221 e. The van der Waals surface area contributed by atoms with Gasteiger partial charge < -0.3 is 20.6 Å². The Bertz CT molecular complexity index is 214. The number of rotatable bonds is 9. The first-order chi connectivity index (χ1) is 8.13. The number of nitrogens with one attached hydrogen (secondary N) is 2. The van der Waals surface area contributed by atoms with Crippen LogP contribution in [0.15, 0.2) is 0 Å². The maximum atomic E-state index is 11.1. The predicted molar refractivity (Wildman–Crippen MR) is 65.5 cm³/mol. The fourth-order valence-corrected chi connectivity index (χ4v) is 1.40. The second-order valence-corrected chi connectivity index (χ2v) is 3.77. The molecule has 2 amide bonds. The molecule has 100 valence electrons. The number of hydrogen-bond donors (Lipinski definition) is 3. The average Bonchev–Trinajstić information content (AvgIpc) is 2.36. The van der Waals surface area contributed by atoms with Crippen LogP contribution in [0, 0.1) is 0 Å². The summed E-state index contributed by atoms with van der Waals surface area (Å²) in [6.45, 7) is 2.04. The summed E-state index contributed by atoms with van der Waals surface area (Å²) < 4.78 is 0. The third kappa shape index (κ3) is 8.65. The summed E-state index contributed by atoms with van der Waals surface area (Å²) >= 11 is 0. The number of aliphatic hydroxyl groups excluding tert-OH is 1. The average molecular weight is 245 g/mol. The van der Waals surface area contributed by atoms with E-state index in [-0.39, 0.29) is 18.4 Å². The zero-order valence-corrected chi connectivity index (χ0v) is 10.7. The van der Waals surface area contributed by atoms with E-state index in [0.717, 1.165) is 0 Å². The first-order valence-electron chi connectivity index (χ1n) is 5.88. The van der Waals surface area contributed by atoms with Crippen LogP contribution in [0.5, 0.6) is 0 Å². The lowest BCUT2D eigenvalue weighted by Crippen LogP contribution is -2.33. The Morgan fingerprint density at radius 3 is 1.82 bits per heavy atom. The Morgan fingerprint density at radius 2 is 1.47 bits per heavy atom. The van der Waals surface area contributed by atoms with E-state index in [1.807, 2.05) is 4.90 Å². The van der Waals surface area contributed by atoms with Crippen LogP contribution >= 0.6 is 0 Å². The Hall–Kier alpha value is -1.14. The van der Waals surface area contributed by atoms with E-state index in [2.05, 4.69) is 10.6 Å². The van der Waals surface area contributed by atoms with Gasteiger partial charge in [-0.05, 0) is 6.42 Å². The largest absolute Gasteiger partial charge is 0.396 e. The summed E-state index contributed by atoms with van der Waals surface area (Å²) in [6, 6.07) is 0. The van der Waals surface area contributed by atoms with Gasteiger partial charge in [0, 0.05) is 53.2 Å². The zero-order chi connectivity index (χ0) is 13.1. The molecule has 17 heavy (non-hydrogen) atoms. The molecule has 0 unspecified atom stereocenters. The van der Waals surface area contributed by atoms with E-state index >= 15 is 0 Å². The number of carbonyl (C=O) groups excluding carboxylic acids is 2. The lowest BCUT2D eigenvalue weighted by atomic mass is 10.3. The summed E-state index contributed by atoms with van der Waals surface area (Å²) in [6.07, 6.45) is 1.48. The molecule has 0 saturated heterocycles. The van der Waals surface area contributed by atoms with E-state index in [0.29, 0.717) is 38.9 Å². The highest BCUT2D eigenvalue weighted by atomic mass is 16.3. The molecule has 0 atom stereocenters. The Kier molecular flexibility index (Phi) is 9.37. The van der Waals surface area contributed by atoms with Crippen molar-refractivity contribution in [2.45, 2.75) is 19.3 Å². The maximum Gasteiger partial charge on any atom is 0.221 e. The molecule has 0 spiro atoms. The van der Waals surface area contributed by atoms with E-state index < -0.39 is 0 Å². The van der Waals surface area contributed by atoms with Gasteiger partial charge in [-0.2, -0.15) is 0 Å². The predicted octanol–water partition coefficient (Wildman–Crippen LogP) is -1.06. The molecule has 0 aromatic carbocycles. The lowest BCUT2D eigenvalue weighted by Gasteiger charge is -2.21. The van der Waals surface area contributed by atoms with Crippen LogP contribution in [-0.4, -0.2) is 62.2 Å². The molecule has 0 bridgehead atoms. The molecule has 0 aliphatic rings. The topological polar surface area (TPSA) is 81.7 Å². The normalized spacial score (nSPS) is 10.4. The Morgan fingerprint density at radius 1 is 1.00 bits per heavy atom. The van der Waals surface area contributed by atoms with Crippen molar-refractivity contribution in [2.24, 2.45) is 0 Å².